The highest BCUT2D eigenvalue weighted by Crippen LogP contribution is 2.31. The normalized spacial score (nSPS) is 24.9. The first-order valence-corrected chi connectivity index (χ1v) is 8.37. The zero-order valence-corrected chi connectivity index (χ0v) is 13.4. The first-order valence-electron chi connectivity index (χ1n) is 6.14. The number of rotatable bonds is 2. The van der Waals surface area contributed by atoms with Gasteiger partial charge in [0.25, 0.3) is 0 Å². The van der Waals surface area contributed by atoms with Gasteiger partial charge in [0.15, 0.2) is 0 Å². The molecule has 2 rings (SSSR count). The smallest absolute Gasteiger partial charge is 0.247 e. The molecule has 0 bridgehead atoms. The molecule has 20 heavy (non-hydrogen) atoms. The van der Waals surface area contributed by atoms with Crippen molar-refractivity contribution in [2.24, 2.45) is 0 Å². The molecule has 1 N–H and O–H groups in total. The van der Waals surface area contributed by atoms with E-state index in [-0.39, 0.29) is 16.6 Å². The molecule has 0 aromatic heterocycles. The van der Waals surface area contributed by atoms with Gasteiger partial charge in [0, 0.05) is 35.7 Å². The van der Waals surface area contributed by atoms with Crippen LogP contribution in [0.5, 0.6) is 0 Å². The number of nitrogens with zero attached hydrogens (tertiary/aromatic N) is 1. The lowest BCUT2D eigenvalue weighted by Crippen LogP contribution is -2.57. The SMILES string of the molecule is CC1CNCC(C)N1S(=O)(=O)c1c(F)cc(F)cc1Br. The summed E-state index contributed by atoms with van der Waals surface area (Å²) < 4.78 is 53.5. The van der Waals surface area contributed by atoms with Gasteiger partial charge in [-0.05, 0) is 35.8 Å². The second kappa shape index (κ2) is 5.67. The van der Waals surface area contributed by atoms with E-state index in [0.29, 0.717) is 19.2 Å². The number of benzene rings is 1. The van der Waals surface area contributed by atoms with Gasteiger partial charge in [0.2, 0.25) is 10.0 Å². The van der Waals surface area contributed by atoms with Crippen LogP contribution in [-0.4, -0.2) is 37.9 Å². The Morgan fingerprint density at radius 2 is 1.80 bits per heavy atom. The maximum Gasteiger partial charge on any atom is 0.247 e. The van der Waals surface area contributed by atoms with Crippen molar-refractivity contribution < 1.29 is 17.2 Å². The van der Waals surface area contributed by atoms with E-state index in [9.17, 15) is 17.2 Å². The van der Waals surface area contributed by atoms with Crippen LogP contribution in [0.3, 0.4) is 0 Å². The molecule has 0 radical (unpaired) electrons. The van der Waals surface area contributed by atoms with E-state index >= 15 is 0 Å². The highest BCUT2D eigenvalue weighted by Gasteiger charge is 2.38. The summed E-state index contributed by atoms with van der Waals surface area (Å²) >= 11 is 2.94. The topological polar surface area (TPSA) is 49.4 Å². The highest BCUT2D eigenvalue weighted by molar-refractivity contribution is 9.10. The molecule has 1 saturated heterocycles. The van der Waals surface area contributed by atoms with Crippen molar-refractivity contribution >= 4 is 26.0 Å². The third-order valence-electron chi connectivity index (χ3n) is 3.25. The monoisotopic (exact) mass is 368 g/mol. The van der Waals surface area contributed by atoms with Gasteiger partial charge in [0.1, 0.15) is 16.5 Å². The fourth-order valence-electron chi connectivity index (χ4n) is 2.47. The van der Waals surface area contributed by atoms with Gasteiger partial charge in [-0.15, -0.1) is 0 Å². The van der Waals surface area contributed by atoms with Crippen LogP contribution in [0.25, 0.3) is 0 Å². The van der Waals surface area contributed by atoms with E-state index in [4.69, 9.17) is 0 Å². The van der Waals surface area contributed by atoms with Gasteiger partial charge >= 0.3 is 0 Å². The van der Waals surface area contributed by atoms with Crippen LogP contribution in [0.15, 0.2) is 21.5 Å². The number of piperazine rings is 1. The van der Waals surface area contributed by atoms with Crippen LogP contribution in [0, 0.1) is 11.6 Å². The molecule has 8 heteroatoms. The first kappa shape index (κ1) is 15.8. The number of hydrogen-bond acceptors (Lipinski definition) is 3. The van der Waals surface area contributed by atoms with Gasteiger partial charge in [-0.3, -0.25) is 0 Å². The van der Waals surface area contributed by atoms with Gasteiger partial charge in [-0.25, -0.2) is 17.2 Å². The van der Waals surface area contributed by atoms with E-state index in [2.05, 4.69) is 21.2 Å². The summed E-state index contributed by atoms with van der Waals surface area (Å²) in [4.78, 5) is -0.514. The van der Waals surface area contributed by atoms with E-state index in [0.717, 1.165) is 6.07 Å². The largest absolute Gasteiger partial charge is 0.314 e. The second-order valence-corrected chi connectivity index (χ2v) is 7.52. The lowest BCUT2D eigenvalue weighted by Gasteiger charge is -2.38. The molecule has 4 nitrogen and oxygen atoms in total. The number of halogens is 3. The summed E-state index contributed by atoms with van der Waals surface area (Å²) in [6, 6.07) is 0.920. The fraction of sp³-hybridized carbons (Fsp3) is 0.500. The molecule has 112 valence electrons. The Morgan fingerprint density at radius 3 is 2.30 bits per heavy atom. The van der Waals surface area contributed by atoms with Crippen LogP contribution in [0.2, 0.25) is 0 Å². The Kier molecular flexibility index (Phi) is 4.48. The van der Waals surface area contributed by atoms with E-state index in [1.54, 1.807) is 13.8 Å². The minimum absolute atomic E-state index is 0.104. The molecule has 0 aliphatic carbocycles. The molecule has 1 fully saturated rings. The predicted molar refractivity (Wildman–Crippen MR) is 74.9 cm³/mol. The van der Waals surface area contributed by atoms with Crippen molar-refractivity contribution in [3.8, 4) is 0 Å². The van der Waals surface area contributed by atoms with Gasteiger partial charge in [0.05, 0.1) is 0 Å². The van der Waals surface area contributed by atoms with Crippen molar-refractivity contribution in [3.05, 3.63) is 28.2 Å². The van der Waals surface area contributed by atoms with Crippen molar-refractivity contribution in [1.82, 2.24) is 9.62 Å². The third kappa shape index (κ3) is 2.74. The Bertz CT molecular complexity index is 591. The summed E-state index contributed by atoms with van der Waals surface area (Å²) in [6.07, 6.45) is 0. The molecule has 0 spiro atoms. The van der Waals surface area contributed by atoms with Crippen LogP contribution >= 0.6 is 15.9 Å². The summed E-state index contributed by atoms with van der Waals surface area (Å²) in [5.74, 6) is -1.91. The lowest BCUT2D eigenvalue weighted by atomic mass is 10.2. The van der Waals surface area contributed by atoms with E-state index < -0.39 is 26.6 Å². The average Bonchev–Trinajstić information content (AvgIpc) is 2.25. The van der Waals surface area contributed by atoms with Crippen molar-refractivity contribution in [1.29, 1.82) is 0 Å². The van der Waals surface area contributed by atoms with Gasteiger partial charge in [-0.2, -0.15) is 4.31 Å². The molecular weight excluding hydrogens is 354 g/mol. The van der Waals surface area contributed by atoms with Crippen LogP contribution in [-0.2, 0) is 10.0 Å². The number of hydrogen-bond donors (Lipinski definition) is 1. The first-order chi connectivity index (χ1) is 9.25. The van der Waals surface area contributed by atoms with Crippen LogP contribution in [0.4, 0.5) is 8.78 Å². The Balaban J connectivity index is 2.55. The molecule has 2 atom stereocenters. The van der Waals surface area contributed by atoms with Crippen LogP contribution < -0.4 is 5.32 Å². The summed E-state index contributed by atoms with van der Waals surface area (Å²) in [5.41, 5.74) is 0. The zero-order chi connectivity index (χ0) is 15.1. The van der Waals surface area contributed by atoms with Crippen molar-refractivity contribution in [2.75, 3.05) is 13.1 Å². The van der Waals surface area contributed by atoms with Crippen molar-refractivity contribution in [2.45, 2.75) is 30.8 Å². The molecular formula is C12H15BrF2N2O2S. The van der Waals surface area contributed by atoms with Gasteiger partial charge in [-0.1, -0.05) is 0 Å². The summed E-state index contributed by atoms with van der Waals surface area (Å²) in [7, 11) is -4.03. The molecule has 2 unspecified atom stereocenters. The number of sulfonamides is 1. The fourth-order valence-corrected chi connectivity index (χ4v) is 5.41. The molecule has 1 aliphatic rings. The molecule has 1 aliphatic heterocycles. The standard InChI is InChI=1S/C12H15BrF2N2O2S/c1-7-5-16-6-8(2)17(7)20(18,19)12-10(13)3-9(14)4-11(12)15/h3-4,7-8,16H,5-6H2,1-2H3. The van der Waals surface area contributed by atoms with Crippen molar-refractivity contribution in [3.63, 3.8) is 0 Å². The molecule has 0 amide bonds. The van der Waals surface area contributed by atoms with E-state index in [1.165, 1.54) is 4.31 Å². The zero-order valence-electron chi connectivity index (χ0n) is 11.0. The highest BCUT2D eigenvalue weighted by atomic mass is 79.9. The number of nitrogens with one attached hydrogen (secondary N) is 1. The quantitative estimate of drug-likeness (QED) is 0.869. The summed E-state index contributed by atoms with van der Waals surface area (Å²) in [6.45, 7) is 4.47. The maximum absolute atomic E-state index is 13.9. The Labute approximate surface area is 125 Å². The third-order valence-corrected chi connectivity index (χ3v) is 6.34. The Morgan fingerprint density at radius 1 is 1.25 bits per heavy atom. The Hall–Kier alpha value is -0.570. The maximum atomic E-state index is 13.9. The average molecular weight is 369 g/mol. The predicted octanol–water partition coefficient (Wildman–Crippen LogP) is 2.10. The molecule has 1 aromatic carbocycles. The summed E-state index contributed by atoms with van der Waals surface area (Å²) in [5, 5.41) is 3.10. The van der Waals surface area contributed by atoms with E-state index in [1.807, 2.05) is 0 Å². The minimum atomic E-state index is -4.03. The second-order valence-electron chi connectivity index (χ2n) is 4.89. The van der Waals surface area contributed by atoms with Gasteiger partial charge < -0.3 is 5.32 Å². The lowest BCUT2D eigenvalue weighted by molar-refractivity contribution is 0.219. The molecule has 1 heterocycles. The van der Waals surface area contributed by atoms with Crippen LogP contribution in [0.1, 0.15) is 13.8 Å². The molecule has 1 aromatic rings. The minimum Gasteiger partial charge on any atom is -0.314 e. The molecule has 0 saturated carbocycles.